The highest BCUT2D eigenvalue weighted by Gasteiger charge is 2.75. The van der Waals surface area contributed by atoms with Gasteiger partial charge in [0, 0.05) is 23.1 Å². The van der Waals surface area contributed by atoms with E-state index < -0.39 is 16.4 Å². The van der Waals surface area contributed by atoms with Crippen LogP contribution in [0.15, 0.2) is 24.5 Å². The second-order valence-corrected chi connectivity index (χ2v) is 20.2. The number of carbonyl (C=O) groups excluding carboxylic acids is 1. The van der Waals surface area contributed by atoms with E-state index in [2.05, 4.69) is 54.7 Å². The molecule has 0 spiro atoms. The molecule has 2 unspecified atom stereocenters. The van der Waals surface area contributed by atoms with Crippen molar-refractivity contribution in [2.24, 2.45) is 67.0 Å². The molecule has 5 saturated carbocycles. The van der Waals surface area contributed by atoms with Gasteiger partial charge < -0.3 is 15.6 Å². The lowest BCUT2D eigenvalue weighted by molar-refractivity contribution is -0.256. The predicted molar refractivity (Wildman–Crippen MR) is 189 cm³/mol. The minimum Gasteiger partial charge on any atom is -0.513 e. The fourth-order valence-corrected chi connectivity index (χ4v) is 14.2. The zero-order chi connectivity index (χ0) is 34.3. The number of esters is 1. The highest BCUT2D eigenvalue weighted by atomic mass is 32.2. The van der Waals surface area contributed by atoms with E-state index in [-0.39, 0.29) is 56.9 Å². The van der Waals surface area contributed by atoms with E-state index in [1.54, 1.807) is 0 Å². The quantitative estimate of drug-likeness (QED) is 0.130. The molecular formula is C39H66N2O4S. The molecule has 262 valence electrons. The first kappa shape index (κ1) is 36.1. The lowest BCUT2D eigenvalue weighted by Crippen LogP contribution is -2.76. The minimum absolute atomic E-state index is 0.0132. The van der Waals surface area contributed by atoms with Gasteiger partial charge in [-0.2, -0.15) is 0 Å². The summed E-state index contributed by atoms with van der Waals surface area (Å²) in [5, 5.41) is 15.6. The van der Waals surface area contributed by atoms with Crippen molar-refractivity contribution in [2.75, 3.05) is 5.75 Å². The van der Waals surface area contributed by atoms with Crippen molar-refractivity contribution >= 4 is 17.0 Å². The lowest BCUT2D eigenvalue weighted by atomic mass is 9.30. The largest absolute Gasteiger partial charge is 0.513 e. The number of fused-ring (bicyclic) bond motifs is 7. The molecule has 5 rings (SSSR count). The molecule has 0 aliphatic heterocycles. The fourth-order valence-electron chi connectivity index (χ4n) is 13.6. The van der Waals surface area contributed by atoms with Gasteiger partial charge in [0.25, 0.3) is 0 Å². The summed E-state index contributed by atoms with van der Waals surface area (Å²) in [4.78, 5) is 13.2. The predicted octanol–water partition coefficient (Wildman–Crippen LogP) is 8.53. The molecule has 0 bridgehead atoms. The third kappa shape index (κ3) is 5.39. The first-order valence-electron chi connectivity index (χ1n) is 18.2. The molecule has 0 aromatic carbocycles. The Morgan fingerprint density at radius 2 is 1.59 bits per heavy atom. The Balaban J connectivity index is 1.42. The molecule has 11 atom stereocenters. The monoisotopic (exact) mass is 658 g/mol. The van der Waals surface area contributed by atoms with E-state index in [0.29, 0.717) is 35.8 Å². The van der Waals surface area contributed by atoms with Crippen molar-refractivity contribution < 1.29 is 18.8 Å². The zero-order valence-electron chi connectivity index (χ0n) is 30.4. The van der Waals surface area contributed by atoms with E-state index in [4.69, 9.17) is 15.6 Å². The first-order chi connectivity index (χ1) is 21.1. The number of hydrogen-bond acceptors (Lipinski definition) is 5. The third-order valence-electron chi connectivity index (χ3n) is 15.8. The lowest BCUT2D eigenvalue weighted by Gasteiger charge is -2.75. The van der Waals surface area contributed by atoms with E-state index in [1.807, 2.05) is 13.8 Å². The number of allylic oxidation sites excluding steroid dienone is 2. The Hall–Kier alpha value is -1.18. The molecule has 0 radical (unpaired) electrons. The van der Waals surface area contributed by atoms with E-state index >= 15 is 0 Å². The van der Waals surface area contributed by atoms with Crippen molar-refractivity contribution in [3.8, 4) is 0 Å². The van der Waals surface area contributed by atoms with Crippen LogP contribution in [-0.4, -0.2) is 32.7 Å². The van der Waals surface area contributed by atoms with Gasteiger partial charge in [0.05, 0.1) is 23.2 Å². The smallest absolute Gasteiger partial charge is 0.306 e. The number of hydrogen-bond donors (Lipinski definition) is 3. The Bertz CT molecular complexity index is 1280. The average molecular weight is 659 g/mol. The highest BCUT2D eigenvalue weighted by Crippen LogP contribution is 2.78. The number of rotatable bonds is 9. The molecule has 7 heteroatoms. The molecule has 0 aromatic rings. The van der Waals surface area contributed by atoms with Gasteiger partial charge in [-0.05, 0) is 128 Å². The second kappa shape index (κ2) is 11.7. The van der Waals surface area contributed by atoms with Crippen molar-refractivity contribution in [1.29, 1.82) is 0 Å². The van der Waals surface area contributed by atoms with Crippen LogP contribution >= 0.6 is 0 Å². The van der Waals surface area contributed by atoms with Crippen LogP contribution in [0.3, 0.4) is 0 Å². The van der Waals surface area contributed by atoms with Gasteiger partial charge in [-0.3, -0.25) is 9.93 Å². The number of aliphatic hydroxyl groups is 1. The van der Waals surface area contributed by atoms with Crippen LogP contribution in [0.25, 0.3) is 0 Å². The SMILES string of the molecule is C=C(O)CC(C)(C)CC(=O)O[C@H]1CC[C@]2(C)[C@H]3CCC4(N)[C@H]5[C@H](C(=C)C)CC[C@]5(CCS(N)=O)CC[C@@]4(C)[C@]3(C)CC[C@H]2C1(C)C. The normalized spacial score (nSPS) is 45.4. The maximum atomic E-state index is 13.2. The van der Waals surface area contributed by atoms with Crippen LogP contribution in [0.2, 0.25) is 0 Å². The molecule has 5 N–H and O–H groups in total. The topological polar surface area (TPSA) is 116 Å². The van der Waals surface area contributed by atoms with Crippen molar-refractivity contribution in [3.63, 3.8) is 0 Å². The molecule has 0 amide bonds. The summed E-state index contributed by atoms with van der Waals surface area (Å²) in [6.45, 7) is 26.7. The summed E-state index contributed by atoms with van der Waals surface area (Å²) in [6, 6.07) is 0. The van der Waals surface area contributed by atoms with E-state index in [0.717, 1.165) is 70.6 Å². The summed E-state index contributed by atoms with van der Waals surface area (Å²) in [7, 11) is -1.29. The van der Waals surface area contributed by atoms with Crippen LogP contribution in [-0.2, 0) is 20.5 Å². The Morgan fingerprint density at radius 3 is 2.20 bits per heavy atom. The van der Waals surface area contributed by atoms with E-state index in [9.17, 15) is 14.1 Å². The van der Waals surface area contributed by atoms with Crippen LogP contribution in [0, 0.1) is 56.2 Å². The Labute approximate surface area is 282 Å². The molecule has 0 heterocycles. The van der Waals surface area contributed by atoms with Crippen LogP contribution in [0.1, 0.15) is 139 Å². The fraction of sp³-hybridized carbons (Fsp3) is 0.872. The maximum Gasteiger partial charge on any atom is 0.306 e. The number of nitrogens with two attached hydrogens (primary N) is 2. The first-order valence-corrected chi connectivity index (χ1v) is 19.6. The van der Waals surface area contributed by atoms with Crippen LogP contribution in [0.4, 0.5) is 0 Å². The summed E-state index contributed by atoms with van der Waals surface area (Å²) >= 11 is 0. The van der Waals surface area contributed by atoms with Gasteiger partial charge in [0.15, 0.2) is 0 Å². The summed E-state index contributed by atoms with van der Waals surface area (Å²) in [5.74, 6) is 2.27. The van der Waals surface area contributed by atoms with Crippen molar-refractivity contribution in [2.45, 2.75) is 151 Å². The van der Waals surface area contributed by atoms with Gasteiger partial charge in [0.1, 0.15) is 6.10 Å². The third-order valence-corrected chi connectivity index (χ3v) is 16.4. The van der Waals surface area contributed by atoms with Gasteiger partial charge in [-0.15, -0.1) is 0 Å². The molecule has 0 saturated heterocycles. The summed E-state index contributed by atoms with van der Waals surface area (Å²) in [5.41, 5.74) is 8.76. The minimum atomic E-state index is -1.29. The van der Waals surface area contributed by atoms with Gasteiger partial charge in [-0.1, -0.05) is 67.2 Å². The summed E-state index contributed by atoms with van der Waals surface area (Å²) < 4.78 is 18.5. The van der Waals surface area contributed by atoms with Gasteiger partial charge >= 0.3 is 5.97 Å². The average Bonchev–Trinajstić information content (AvgIpc) is 3.31. The summed E-state index contributed by atoms with van der Waals surface area (Å²) in [6.07, 6.45) is 12.4. The highest BCUT2D eigenvalue weighted by molar-refractivity contribution is 7.82. The second-order valence-electron chi connectivity index (χ2n) is 19.1. The molecule has 5 fully saturated rings. The molecule has 6 nitrogen and oxygen atoms in total. The maximum absolute atomic E-state index is 13.2. The molecule has 46 heavy (non-hydrogen) atoms. The molecule has 5 aliphatic carbocycles. The standard InChI is InChI=1S/C39H66N2O4S/c1-25(2)27-11-17-38(21-22-46(41)44)20-19-37(10)36(9)16-12-28-34(6,7)30(45-31(43)24-33(4,5)23-26(3)42)14-15-35(28,8)29(36)13-18-39(37,40)32(27)38/h27-30,32,42H,1,3,11-24,40-41H2,2,4-10H3/t27-,28-,29+,30-,32-,35-,36+,37-,38+,39?,46?/m0/s1. The number of aliphatic hydroxyl groups excluding tert-OH is 1. The number of ether oxygens (including phenoxy) is 1. The molecule has 0 aromatic heterocycles. The molecule has 5 aliphatic rings. The Morgan fingerprint density at radius 1 is 0.935 bits per heavy atom. The number of carbonyl (C=O) groups is 1. The van der Waals surface area contributed by atoms with Crippen LogP contribution in [0.5, 0.6) is 0 Å². The van der Waals surface area contributed by atoms with Crippen molar-refractivity contribution in [3.05, 3.63) is 24.5 Å². The van der Waals surface area contributed by atoms with Gasteiger partial charge in [-0.25, -0.2) is 4.21 Å². The molecular weight excluding hydrogens is 593 g/mol. The van der Waals surface area contributed by atoms with Gasteiger partial charge in [0.2, 0.25) is 0 Å². The van der Waals surface area contributed by atoms with Crippen molar-refractivity contribution in [1.82, 2.24) is 0 Å². The zero-order valence-corrected chi connectivity index (χ0v) is 31.3. The van der Waals surface area contributed by atoms with E-state index in [1.165, 1.54) is 5.57 Å². The van der Waals surface area contributed by atoms with Crippen LogP contribution < -0.4 is 10.9 Å². The Kier molecular flexibility index (Phi) is 9.20.